The minimum absolute atomic E-state index is 0.00755. The molecule has 2 amide bonds. The molecule has 3 aliphatic rings. The molecule has 29 heavy (non-hydrogen) atoms. The van der Waals surface area contributed by atoms with E-state index in [4.69, 9.17) is 4.74 Å². The third-order valence-corrected chi connectivity index (χ3v) is 6.16. The molecule has 1 saturated carbocycles. The van der Waals surface area contributed by atoms with E-state index < -0.39 is 11.9 Å². The van der Waals surface area contributed by atoms with E-state index >= 15 is 0 Å². The van der Waals surface area contributed by atoms with Crippen LogP contribution in [0.3, 0.4) is 0 Å². The first-order valence-electron chi connectivity index (χ1n) is 10.4. The van der Waals surface area contributed by atoms with Crippen LogP contribution in [-0.2, 0) is 19.1 Å². The van der Waals surface area contributed by atoms with Crippen LogP contribution in [0.1, 0.15) is 55.3 Å². The highest BCUT2D eigenvalue weighted by molar-refractivity contribution is 6.01. The fourth-order valence-corrected chi connectivity index (χ4v) is 4.56. The Hall–Kier alpha value is -2.70. The molecule has 1 aromatic carbocycles. The van der Waals surface area contributed by atoms with Crippen LogP contribution in [0.15, 0.2) is 24.3 Å². The fraction of sp³-hybridized carbons (Fsp3) is 0.545. The number of likely N-dealkylation sites (tertiary alicyclic amines) is 1. The molecule has 0 aromatic heterocycles. The molecule has 2 heterocycles. The van der Waals surface area contributed by atoms with Gasteiger partial charge in [0.15, 0.2) is 12.4 Å². The van der Waals surface area contributed by atoms with Crippen LogP contribution in [0.5, 0.6) is 0 Å². The van der Waals surface area contributed by atoms with E-state index in [1.807, 2.05) is 4.90 Å². The Balaban J connectivity index is 1.32. The lowest BCUT2D eigenvalue weighted by atomic mass is 10.1. The Bertz CT molecular complexity index is 830. The van der Waals surface area contributed by atoms with Crippen LogP contribution in [0, 0.1) is 5.92 Å². The maximum absolute atomic E-state index is 12.5. The van der Waals surface area contributed by atoms with Gasteiger partial charge in [-0.1, -0.05) is 25.0 Å². The summed E-state index contributed by atoms with van der Waals surface area (Å²) in [5, 5.41) is 0. The second kappa shape index (κ2) is 8.35. The van der Waals surface area contributed by atoms with Gasteiger partial charge in [-0.05, 0) is 31.4 Å². The number of nitrogens with zero attached hydrogens (tertiary/aromatic N) is 2. The summed E-state index contributed by atoms with van der Waals surface area (Å²) in [6.45, 7) is 0.687. The van der Waals surface area contributed by atoms with Crippen LogP contribution in [-0.4, -0.2) is 54.2 Å². The predicted molar refractivity (Wildman–Crippen MR) is 105 cm³/mol. The van der Waals surface area contributed by atoms with Crippen LogP contribution in [0.25, 0.3) is 0 Å². The molecule has 3 fully saturated rings. The van der Waals surface area contributed by atoms with Crippen molar-refractivity contribution < 1.29 is 23.9 Å². The van der Waals surface area contributed by atoms with E-state index in [9.17, 15) is 19.2 Å². The number of hydrogen-bond acceptors (Lipinski definition) is 5. The molecule has 7 heteroatoms. The van der Waals surface area contributed by atoms with Crippen LogP contribution >= 0.6 is 0 Å². The SMILES string of the molecule is O=C(COC(=O)[C@@H]1CC(=O)N(C2CCCC2)C1)c1cccc(N2CCCC2=O)c1. The second-order valence-corrected chi connectivity index (χ2v) is 8.12. The molecular formula is C22H26N2O5. The number of amides is 2. The Morgan fingerprint density at radius 1 is 1.07 bits per heavy atom. The smallest absolute Gasteiger partial charge is 0.311 e. The summed E-state index contributed by atoms with van der Waals surface area (Å²) in [6.07, 6.45) is 5.75. The largest absolute Gasteiger partial charge is 0.457 e. The molecule has 0 N–H and O–H groups in total. The van der Waals surface area contributed by atoms with Gasteiger partial charge in [0.25, 0.3) is 0 Å². The monoisotopic (exact) mass is 398 g/mol. The van der Waals surface area contributed by atoms with Crippen LogP contribution in [0.2, 0.25) is 0 Å². The predicted octanol–water partition coefficient (Wildman–Crippen LogP) is 2.33. The molecule has 0 radical (unpaired) electrons. The van der Waals surface area contributed by atoms with E-state index in [-0.39, 0.29) is 36.7 Å². The molecule has 2 saturated heterocycles. The summed E-state index contributed by atoms with van der Waals surface area (Å²) in [5.41, 5.74) is 1.10. The molecule has 0 spiro atoms. The van der Waals surface area contributed by atoms with Gasteiger partial charge in [-0.2, -0.15) is 0 Å². The Labute approximate surface area is 170 Å². The topological polar surface area (TPSA) is 84.0 Å². The van der Waals surface area contributed by atoms with Gasteiger partial charge in [-0.15, -0.1) is 0 Å². The number of esters is 1. The summed E-state index contributed by atoms with van der Waals surface area (Å²) >= 11 is 0. The van der Waals surface area contributed by atoms with E-state index in [1.165, 1.54) is 0 Å². The Morgan fingerprint density at radius 3 is 2.59 bits per heavy atom. The molecule has 1 atom stereocenters. The van der Waals surface area contributed by atoms with Crippen molar-refractivity contribution in [1.29, 1.82) is 0 Å². The maximum Gasteiger partial charge on any atom is 0.311 e. The number of rotatable bonds is 6. The average Bonchev–Trinajstić information content (AvgIpc) is 3.47. The lowest BCUT2D eigenvalue weighted by molar-refractivity contribution is -0.147. The van der Waals surface area contributed by atoms with Crippen molar-refractivity contribution in [3.63, 3.8) is 0 Å². The molecule has 2 aliphatic heterocycles. The maximum atomic E-state index is 12.5. The van der Waals surface area contributed by atoms with E-state index in [2.05, 4.69) is 0 Å². The molecule has 7 nitrogen and oxygen atoms in total. The van der Waals surface area contributed by atoms with Crippen LogP contribution < -0.4 is 4.90 Å². The summed E-state index contributed by atoms with van der Waals surface area (Å²) in [6, 6.07) is 7.10. The van der Waals surface area contributed by atoms with Gasteiger partial charge in [-0.25, -0.2) is 0 Å². The average molecular weight is 398 g/mol. The second-order valence-electron chi connectivity index (χ2n) is 8.12. The number of hydrogen-bond donors (Lipinski definition) is 0. The minimum Gasteiger partial charge on any atom is -0.457 e. The third kappa shape index (κ3) is 4.18. The number of benzene rings is 1. The fourth-order valence-electron chi connectivity index (χ4n) is 4.56. The normalized spacial score (nSPS) is 22.6. The van der Waals surface area contributed by atoms with Crippen molar-refractivity contribution in [3.05, 3.63) is 29.8 Å². The number of carbonyl (C=O) groups excluding carboxylic acids is 4. The van der Waals surface area contributed by atoms with Crippen molar-refractivity contribution in [1.82, 2.24) is 4.90 Å². The number of anilines is 1. The van der Waals surface area contributed by atoms with E-state index in [0.717, 1.165) is 32.1 Å². The minimum atomic E-state index is -0.496. The zero-order chi connectivity index (χ0) is 20.4. The lowest BCUT2D eigenvalue weighted by Crippen LogP contribution is -2.35. The van der Waals surface area contributed by atoms with Crippen molar-refractivity contribution in [2.75, 3.05) is 24.6 Å². The number of ketones is 1. The highest BCUT2D eigenvalue weighted by Crippen LogP contribution is 2.30. The van der Waals surface area contributed by atoms with Crippen LogP contribution in [0.4, 0.5) is 5.69 Å². The van der Waals surface area contributed by atoms with Crippen molar-refractivity contribution in [3.8, 4) is 0 Å². The van der Waals surface area contributed by atoms with E-state index in [0.29, 0.717) is 30.8 Å². The Kier molecular flexibility index (Phi) is 5.65. The standard InChI is InChI=1S/C22H26N2O5/c25-19(15-5-3-8-18(11-15)23-10-4-9-20(23)26)14-29-22(28)16-12-21(27)24(13-16)17-6-1-2-7-17/h3,5,8,11,16-17H,1-2,4,6-7,9-10,12-14H2/t16-/m1/s1. The number of Topliss-reactive ketones (excluding diaryl/α,β-unsaturated/α-hetero) is 1. The van der Waals surface area contributed by atoms with Crippen molar-refractivity contribution >= 4 is 29.3 Å². The Morgan fingerprint density at radius 2 is 1.86 bits per heavy atom. The first-order valence-corrected chi connectivity index (χ1v) is 10.4. The zero-order valence-electron chi connectivity index (χ0n) is 16.5. The van der Waals surface area contributed by atoms with Crippen molar-refractivity contribution in [2.24, 2.45) is 5.92 Å². The summed E-state index contributed by atoms with van der Waals surface area (Å²) in [5.74, 6) is -1.24. The third-order valence-electron chi connectivity index (χ3n) is 6.16. The van der Waals surface area contributed by atoms with Gasteiger partial charge in [0.1, 0.15) is 0 Å². The zero-order valence-corrected chi connectivity index (χ0v) is 16.5. The quantitative estimate of drug-likeness (QED) is 0.542. The van der Waals surface area contributed by atoms with Gasteiger partial charge in [0, 0.05) is 43.2 Å². The first kappa shape index (κ1) is 19.6. The molecule has 154 valence electrons. The van der Waals surface area contributed by atoms with Gasteiger partial charge in [0.05, 0.1) is 5.92 Å². The number of carbonyl (C=O) groups is 4. The molecule has 1 aromatic rings. The summed E-state index contributed by atoms with van der Waals surface area (Å²) < 4.78 is 5.24. The highest BCUT2D eigenvalue weighted by Gasteiger charge is 2.39. The first-order chi connectivity index (χ1) is 14.0. The number of ether oxygens (including phenoxy) is 1. The molecule has 0 bridgehead atoms. The highest BCUT2D eigenvalue weighted by atomic mass is 16.5. The van der Waals surface area contributed by atoms with Gasteiger partial charge >= 0.3 is 5.97 Å². The molecule has 1 aliphatic carbocycles. The molecule has 0 unspecified atom stereocenters. The summed E-state index contributed by atoms with van der Waals surface area (Å²) in [7, 11) is 0. The molecular weight excluding hydrogens is 372 g/mol. The lowest BCUT2D eigenvalue weighted by Gasteiger charge is -2.23. The van der Waals surface area contributed by atoms with Gasteiger partial charge in [-0.3, -0.25) is 19.2 Å². The summed E-state index contributed by atoms with van der Waals surface area (Å²) in [4.78, 5) is 52.5. The molecule has 4 rings (SSSR count). The van der Waals surface area contributed by atoms with Gasteiger partial charge in [0.2, 0.25) is 11.8 Å². The van der Waals surface area contributed by atoms with Crippen molar-refractivity contribution in [2.45, 2.75) is 51.0 Å². The van der Waals surface area contributed by atoms with Gasteiger partial charge < -0.3 is 14.5 Å². The van der Waals surface area contributed by atoms with E-state index in [1.54, 1.807) is 29.2 Å².